The van der Waals surface area contributed by atoms with Crippen LogP contribution in [0.25, 0.3) is 0 Å². The second-order valence-electron chi connectivity index (χ2n) is 3.38. The minimum Gasteiger partial charge on any atom is -0.484 e. The van der Waals surface area contributed by atoms with Crippen molar-refractivity contribution < 1.29 is 24.3 Å². The summed E-state index contributed by atoms with van der Waals surface area (Å²) in [5.74, 6) is 0.0219. The van der Waals surface area contributed by atoms with E-state index in [2.05, 4.69) is 10.2 Å². The van der Waals surface area contributed by atoms with Crippen molar-refractivity contribution in [3.63, 3.8) is 0 Å². The molecule has 0 aromatic heterocycles. The van der Waals surface area contributed by atoms with Crippen LogP contribution in [0.3, 0.4) is 0 Å². The van der Waals surface area contributed by atoms with Crippen LogP contribution in [0.15, 0.2) is 24.3 Å². The van der Waals surface area contributed by atoms with Crippen LogP contribution in [0.5, 0.6) is 5.75 Å². The van der Waals surface area contributed by atoms with Gasteiger partial charge in [-0.3, -0.25) is 9.59 Å². The van der Waals surface area contributed by atoms with E-state index >= 15 is 0 Å². The number of rotatable bonds is 8. The standard InChI is InChI=1S/C11H12N2O6/c14-7-9-1-3-10(4-2-9)18-8-11(15)12-5-6-19-13(16)17/h1-4,7H,5-6,8H2,(H,12,15). The Kier molecular flexibility index (Phi) is 5.80. The van der Waals surface area contributed by atoms with E-state index in [1.165, 1.54) is 0 Å². The maximum atomic E-state index is 11.3. The van der Waals surface area contributed by atoms with E-state index < -0.39 is 11.0 Å². The first kappa shape index (κ1) is 14.4. The first-order valence-corrected chi connectivity index (χ1v) is 5.34. The Hall–Kier alpha value is -2.64. The summed E-state index contributed by atoms with van der Waals surface area (Å²) in [6.07, 6.45) is 0.700. The number of amides is 1. The third-order valence-electron chi connectivity index (χ3n) is 2.01. The zero-order chi connectivity index (χ0) is 14.1. The lowest BCUT2D eigenvalue weighted by Crippen LogP contribution is -2.32. The highest BCUT2D eigenvalue weighted by Crippen LogP contribution is 2.10. The molecule has 1 amide bonds. The van der Waals surface area contributed by atoms with Crippen LogP contribution in [0.2, 0.25) is 0 Å². The summed E-state index contributed by atoms with van der Waals surface area (Å²) in [4.78, 5) is 35.5. The molecule has 0 radical (unpaired) electrons. The molecule has 1 rings (SSSR count). The average Bonchev–Trinajstić information content (AvgIpc) is 2.41. The Labute approximate surface area is 108 Å². The van der Waals surface area contributed by atoms with Crippen LogP contribution in [0, 0.1) is 10.1 Å². The Balaban J connectivity index is 2.21. The van der Waals surface area contributed by atoms with Crippen molar-refractivity contribution in [3.05, 3.63) is 39.9 Å². The molecule has 19 heavy (non-hydrogen) atoms. The summed E-state index contributed by atoms with van der Waals surface area (Å²) < 4.78 is 5.14. The van der Waals surface area contributed by atoms with E-state index in [9.17, 15) is 19.7 Å². The minimum absolute atomic E-state index is 0.0211. The van der Waals surface area contributed by atoms with E-state index in [0.29, 0.717) is 17.6 Å². The molecule has 0 atom stereocenters. The van der Waals surface area contributed by atoms with Crippen molar-refractivity contribution in [1.29, 1.82) is 0 Å². The van der Waals surface area contributed by atoms with E-state index in [4.69, 9.17) is 4.74 Å². The lowest BCUT2D eigenvalue weighted by atomic mass is 10.2. The van der Waals surface area contributed by atoms with Crippen LogP contribution in [0.1, 0.15) is 10.4 Å². The van der Waals surface area contributed by atoms with E-state index in [0.717, 1.165) is 0 Å². The molecular formula is C11H12N2O6. The molecular weight excluding hydrogens is 256 g/mol. The molecule has 0 aliphatic heterocycles. The van der Waals surface area contributed by atoms with Gasteiger partial charge in [0.2, 0.25) is 0 Å². The molecule has 1 aromatic rings. The summed E-state index contributed by atoms with van der Waals surface area (Å²) in [7, 11) is 0. The van der Waals surface area contributed by atoms with Crippen molar-refractivity contribution in [2.45, 2.75) is 0 Å². The monoisotopic (exact) mass is 268 g/mol. The van der Waals surface area contributed by atoms with Crippen molar-refractivity contribution in [2.24, 2.45) is 0 Å². The zero-order valence-corrected chi connectivity index (χ0v) is 9.90. The Bertz CT molecular complexity index is 445. The lowest BCUT2D eigenvalue weighted by molar-refractivity contribution is -0.757. The second-order valence-corrected chi connectivity index (χ2v) is 3.38. The van der Waals surface area contributed by atoms with Crippen LogP contribution in [0.4, 0.5) is 0 Å². The van der Waals surface area contributed by atoms with Gasteiger partial charge in [0, 0.05) is 12.1 Å². The molecule has 0 saturated heterocycles. The second kappa shape index (κ2) is 7.64. The number of ether oxygens (including phenoxy) is 1. The van der Waals surface area contributed by atoms with Gasteiger partial charge in [0.1, 0.15) is 18.6 Å². The van der Waals surface area contributed by atoms with Crippen molar-refractivity contribution in [2.75, 3.05) is 19.8 Å². The van der Waals surface area contributed by atoms with Gasteiger partial charge in [-0.15, -0.1) is 10.1 Å². The Morgan fingerprint density at radius 1 is 1.37 bits per heavy atom. The largest absolute Gasteiger partial charge is 0.484 e. The normalized spacial score (nSPS) is 9.47. The van der Waals surface area contributed by atoms with E-state index in [1.807, 2.05) is 0 Å². The highest BCUT2D eigenvalue weighted by Gasteiger charge is 2.03. The van der Waals surface area contributed by atoms with Crippen molar-refractivity contribution in [3.8, 4) is 5.75 Å². The van der Waals surface area contributed by atoms with Crippen LogP contribution < -0.4 is 10.1 Å². The number of carbonyl (C=O) groups excluding carboxylic acids is 2. The molecule has 0 aliphatic rings. The number of aldehydes is 1. The fourth-order valence-corrected chi connectivity index (χ4v) is 1.15. The van der Waals surface area contributed by atoms with Gasteiger partial charge in [-0.05, 0) is 24.3 Å². The maximum Gasteiger partial charge on any atom is 0.294 e. The number of nitrogens with zero attached hydrogens (tertiary/aromatic N) is 1. The number of nitrogens with one attached hydrogen (secondary N) is 1. The average molecular weight is 268 g/mol. The molecule has 8 nitrogen and oxygen atoms in total. The maximum absolute atomic E-state index is 11.3. The third-order valence-corrected chi connectivity index (χ3v) is 2.01. The van der Waals surface area contributed by atoms with Gasteiger partial charge in [0.05, 0.1) is 0 Å². The minimum atomic E-state index is -0.933. The van der Waals surface area contributed by atoms with E-state index in [1.54, 1.807) is 24.3 Å². The SMILES string of the molecule is O=Cc1ccc(OCC(=O)NCCO[N+](=O)[O-])cc1. The topological polar surface area (TPSA) is 108 Å². The third kappa shape index (κ3) is 6.01. The molecule has 0 heterocycles. The van der Waals surface area contributed by atoms with Gasteiger partial charge in [-0.25, -0.2) is 0 Å². The van der Waals surface area contributed by atoms with Crippen LogP contribution in [-0.4, -0.2) is 37.0 Å². The predicted molar refractivity (Wildman–Crippen MR) is 63.3 cm³/mol. The first-order chi connectivity index (χ1) is 9.11. The summed E-state index contributed by atoms with van der Waals surface area (Å²) in [5, 5.41) is 11.3. The van der Waals surface area contributed by atoms with E-state index in [-0.39, 0.29) is 19.8 Å². The first-order valence-electron chi connectivity index (χ1n) is 5.34. The molecule has 102 valence electrons. The summed E-state index contributed by atoms with van der Waals surface area (Å²) in [5.41, 5.74) is 0.508. The Morgan fingerprint density at radius 2 is 2.05 bits per heavy atom. The van der Waals surface area contributed by atoms with Gasteiger partial charge in [0.15, 0.2) is 6.61 Å². The highest BCUT2D eigenvalue weighted by molar-refractivity contribution is 5.77. The molecule has 0 aliphatic carbocycles. The van der Waals surface area contributed by atoms with Gasteiger partial charge >= 0.3 is 0 Å². The van der Waals surface area contributed by atoms with Gasteiger partial charge < -0.3 is 14.9 Å². The fraction of sp³-hybridized carbons (Fsp3) is 0.273. The smallest absolute Gasteiger partial charge is 0.294 e. The lowest BCUT2D eigenvalue weighted by Gasteiger charge is -2.07. The molecule has 0 bridgehead atoms. The molecule has 0 fully saturated rings. The zero-order valence-electron chi connectivity index (χ0n) is 9.90. The Morgan fingerprint density at radius 3 is 2.63 bits per heavy atom. The fourth-order valence-electron chi connectivity index (χ4n) is 1.15. The molecule has 0 unspecified atom stereocenters. The molecule has 1 aromatic carbocycles. The van der Waals surface area contributed by atoms with Crippen molar-refractivity contribution >= 4 is 12.2 Å². The predicted octanol–water partition coefficient (Wildman–Crippen LogP) is 0.202. The number of hydrogen-bond donors (Lipinski definition) is 1. The van der Waals surface area contributed by atoms with Gasteiger partial charge in [0.25, 0.3) is 11.0 Å². The molecule has 0 spiro atoms. The summed E-state index contributed by atoms with van der Waals surface area (Å²) in [6, 6.07) is 6.25. The highest BCUT2D eigenvalue weighted by atomic mass is 16.9. The molecule has 1 N–H and O–H groups in total. The number of benzene rings is 1. The van der Waals surface area contributed by atoms with Gasteiger partial charge in [-0.2, -0.15) is 0 Å². The summed E-state index contributed by atoms with van der Waals surface area (Å²) in [6.45, 7) is -0.418. The molecule has 8 heteroatoms. The number of hydrogen-bond acceptors (Lipinski definition) is 6. The summed E-state index contributed by atoms with van der Waals surface area (Å²) >= 11 is 0. The molecule has 0 saturated carbocycles. The van der Waals surface area contributed by atoms with Crippen LogP contribution in [-0.2, 0) is 9.63 Å². The quantitative estimate of drug-likeness (QED) is 0.312. The van der Waals surface area contributed by atoms with Gasteiger partial charge in [-0.1, -0.05) is 0 Å². The number of carbonyl (C=O) groups is 2. The van der Waals surface area contributed by atoms with Crippen molar-refractivity contribution in [1.82, 2.24) is 5.32 Å². The van der Waals surface area contributed by atoms with Crippen LogP contribution >= 0.6 is 0 Å².